The van der Waals surface area contributed by atoms with Gasteiger partial charge in [0.25, 0.3) is 5.91 Å². The fourth-order valence-corrected chi connectivity index (χ4v) is 4.06. The van der Waals surface area contributed by atoms with E-state index in [1.807, 2.05) is 35.4 Å². The summed E-state index contributed by atoms with van der Waals surface area (Å²) >= 11 is 0. The first-order valence-corrected chi connectivity index (χ1v) is 9.98. The number of piperazine rings is 1. The Morgan fingerprint density at radius 1 is 0.963 bits per heavy atom. The number of para-hydroxylation sites is 1. The zero-order chi connectivity index (χ0) is 18.6. The molecule has 0 spiro atoms. The lowest BCUT2D eigenvalue weighted by Crippen LogP contribution is -2.48. The van der Waals surface area contributed by atoms with Crippen molar-refractivity contribution in [3.63, 3.8) is 0 Å². The van der Waals surface area contributed by atoms with Crippen LogP contribution >= 0.6 is 0 Å². The first kappa shape index (κ1) is 18.0. The van der Waals surface area contributed by atoms with Gasteiger partial charge in [0, 0.05) is 57.7 Å². The van der Waals surface area contributed by atoms with Crippen molar-refractivity contribution < 1.29 is 4.79 Å². The number of carbonyl (C=O) groups is 1. The van der Waals surface area contributed by atoms with E-state index in [1.54, 1.807) is 0 Å². The number of amides is 1. The Morgan fingerprint density at radius 3 is 2.44 bits per heavy atom. The summed E-state index contributed by atoms with van der Waals surface area (Å²) in [6.07, 6.45) is 4.29. The molecule has 0 aliphatic carbocycles. The molecule has 2 aliphatic heterocycles. The smallest absolute Gasteiger partial charge is 0.256 e. The van der Waals surface area contributed by atoms with Gasteiger partial charge in [-0.15, -0.1) is 0 Å². The Kier molecular flexibility index (Phi) is 5.39. The molecular formula is C22H28N4O. The van der Waals surface area contributed by atoms with Gasteiger partial charge in [-0.2, -0.15) is 0 Å². The lowest BCUT2D eigenvalue weighted by atomic mass is 10.1. The first-order valence-electron chi connectivity index (χ1n) is 9.98. The van der Waals surface area contributed by atoms with Crippen molar-refractivity contribution in [2.45, 2.75) is 26.3 Å². The Hall–Kier alpha value is -2.40. The van der Waals surface area contributed by atoms with E-state index in [0.29, 0.717) is 0 Å². The molecule has 5 nitrogen and oxygen atoms in total. The number of carbonyl (C=O) groups excluding carboxylic acids is 1. The van der Waals surface area contributed by atoms with Crippen molar-refractivity contribution >= 4 is 11.6 Å². The van der Waals surface area contributed by atoms with Gasteiger partial charge in [0.15, 0.2) is 0 Å². The Labute approximate surface area is 161 Å². The number of hydrogen-bond donors (Lipinski definition) is 0. The second-order valence-corrected chi connectivity index (χ2v) is 7.55. The molecule has 1 aromatic carbocycles. The minimum atomic E-state index is 0.172. The van der Waals surface area contributed by atoms with Gasteiger partial charge in [-0.25, -0.2) is 0 Å². The molecule has 3 heterocycles. The van der Waals surface area contributed by atoms with Gasteiger partial charge < -0.3 is 9.80 Å². The molecule has 27 heavy (non-hydrogen) atoms. The van der Waals surface area contributed by atoms with Gasteiger partial charge in [0.05, 0.1) is 11.3 Å². The fourth-order valence-electron chi connectivity index (χ4n) is 4.06. The van der Waals surface area contributed by atoms with Crippen LogP contribution in [-0.4, -0.2) is 60.0 Å². The average molecular weight is 364 g/mol. The molecule has 0 saturated carbocycles. The van der Waals surface area contributed by atoms with E-state index < -0.39 is 0 Å². The van der Waals surface area contributed by atoms with Crippen LogP contribution in [0.3, 0.4) is 0 Å². The summed E-state index contributed by atoms with van der Waals surface area (Å²) in [5.41, 5.74) is 4.33. The monoisotopic (exact) mass is 364 g/mol. The van der Waals surface area contributed by atoms with Crippen molar-refractivity contribution in [2.24, 2.45) is 0 Å². The van der Waals surface area contributed by atoms with E-state index in [9.17, 15) is 4.79 Å². The van der Waals surface area contributed by atoms with Crippen LogP contribution in [0.5, 0.6) is 0 Å². The van der Waals surface area contributed by atoms with E-state index in [2.05, 4.69) is 33.8 Å². The highest BCUT2D eigenvalue weighted by Gasteiger charge is 2.26. The van der Waals surface area contributed by atoms with Crippen LogP contribution in [0.25, 0.3) is 0 Å². The number of rotatable bonds is 4. The second-order valence-electron chi connectivity index (χ2n) is 7.55. The standard InChI is InChI=1S/C22H28N4O/c1-18-7-6-10-23-20(18)17-24-13-15-26(16-14-24)22(27)19-8-2-3-9-21(19)25-11-4-5-12-25/h2-3,6-10H,4-5,11-17H2,1H3. The molecule has 2 fully saturated rings. The third-order valence-corrected chi connectivity index (χ3v) is 5.73. The summed E-state index contributed by atoms with van der Waals surface area (Å²) < 4.78 is 0. The molecule has 2 saturated heterocycles. The van der Waals surface area contributed by atoms with Crippen molar-refractivity contribution in [3.8, 4) is 0 Å². The molecule has 2 aliphatic rings. The molecule has 0 radical (unpaired) electrons. The van der Waals surface area contributed by atoms with Crippen LogP contribution < -0.4 is 4.90 Å². The van der Waals surface area contributed by atoms with Crippen LogP contribution in [0, 0.1) is 6.92 Å². The molecule has 5 heteroatoms. The number of aromatic nitrogens is 1. The second kappa shape index (κ2) is 8.09. The third-order valence-electron chi connectivity index (χ3n) is 5.73. The van der Waals surface area contributed by atoms with Crippen LogP contribution in [0.4, 0.5) is 5.69 Å². The molecule has 0 bridgehead atoms. The maximum absolute atomic E-state index is 13.2. The minimum Gasteiger partial charge on any atom is -0.371 e. The van der Waals surface area contributed by atoms with E-state index in [1.165, 1.54) is 18.4 Å². The van der Waals surface area contributed by atoms with Crippen LogP contribution in [0.1, 0.15) is 34.5 Å². The molecule has 0 atom stereocenters. The van der Waals surface area contributed by atoms with E-state index in [4.69, 9.17) is 0 Å². The molecule has 0 N–H and O–H groups in total. The van der Waals surface area contributed by atoms with Gasteiger partial charge in [-0.3, -0.25) is 14.7 Å². The molecule has 1 aromatic heterocycles. The molecule has 1 amide bonds. The highest BCUT2D eigenvalue weighted by atomic mass is 16.2. The molecular weight excluding hydrogens is 336 g/mol. The topological polar surface area (TPSA) is 39.7 Å². The summed E-state index contributed by atoms with van der Waals surface area (Å²) in [5, 5.41) is 0. The summed E-state index contributed by atoms with van der Waals surface area (Å²) in [6, 6.07) is 12.2. The predicted molar refractivity (Wildman–Crippen MR) is 108 cm³/mol. The number of benzene rings is 1. The van der Waals surface area contributed by atoms with Gasteiger partial charge in [0.2, 0.25) is 0 Å². The maximum Gasteiger partial charge on any atom is 0.256 e. The summed E-state index contributed by atoms with van der Waals surface area (Å²) in [7, 11) is 0. The molecule has 4 rings (SSSR count). The lowest BCUT2D eigenvalue weighted by molar-refractivity contribution is 0.0627. The number of aryl methyl sites for hydroxylation is 1. The van der Waals surface area contributed by atoms with E-state index in [0.717, 1.165) is 62.8 Å². The average Bonchev–Trinajstić information content (AvgIpc) is 3.24. The molecule has 2 aromatic rings. The largest absolute Gasteiger partial charge is 0.371 e. The SMILES string of the molecule is Cc1cccnc1CN1CCN(C(=O)c2ccccc2N2CCCC2)CC1. The van der Waals surface area contributed by atoms with E-state index >= 15 is 0 Å². The lowest BCUT2D eigenvalue weighted by Gasteiger charge is -2.35. The van der Waals surface area contributed by atoms with Gasteiger partial charge in [-0.05, 0) is 43.5 Å². The predicted octanol–water partition coefficient (Wildman–Crippen LogP) is 2.95. The van der Waals surface area contributed by atoms with Crippen molar-refractivity contribution in [2.75, 3.05) is 44.2 Å². The summed E-state index contributed by atoms with van der Waals surface area (Å²) in [5.74, 6) is 0.172. The van der Waals surface area contributed by atoms with Crippen LogP contribution in [-0.2, 0) is 6.54 Å². The Morgan fingerprint density at radius 2 is 1.70 bits per heavy atom. The Bertz CT molecular complexity index is 792. The zero-order valence-electron chi connectivity index (χ0n) is 16.1. The summed E-state index contributed by atoms with van der Waals surface area (Å²) in [4.78, 5) is 24.4. The highest BCUT2D eigenvalue weighted by molar-refractivity contribution is 6.00. The maximum atomic E-state index is 13.2. The highest BCUT2D eigenvalue weighted by Crippen LogP contribution is 2.26. The Balaban J connectivity index is 1.40. The zero-order valence-corrected chi connectivity index (χ0v) is 16.1. The van der Waals surface area contributed by atoms with Crippen LogP contribution in [0.15, 0.2) is 42.6 Å². The third kappa shape index (κ3) is 3.98. The number of anilines is 1. The molecule has 142 valence electrons. The number of pyridine rings is 1. The van der Waals surface area contributed by atoms with Crippen molar-refractivity contribution in [1.82, 2.24) is 14.8 Å². The number of nitrogens with zero attached hydrogens (tertiary/aromatic N) is 4. The summed E-state index contributed by atoms with van der Waals surface area (Å²) in [6.45, 7) is 8.43. The molecule has 0 unspecified atom stereocenters. The van der Waals surface area contributed by atoms with Crippen molar-refractivity contribution in [3.05, 3.63) is 59.4 Å². The van der Waals surface area contributed by atoms with E-state index in [-0.39, 0.29) is 5.91 Å². The fraction of sp³-hybridized carbons (Fsp3) is 0.455. The van der Waals surface area contributed by atoms with Crippen LogP contribution in [0.2, 0.25) is 0 Å². The van der Waals surface area contributed by atoms with Gasteiger partial charge >= 0.3 is 0 Å². The minimum absolute atomic E-state index is 0.172. The quantitative estimate of drug-likeness (QED) is 0.836. The van der Waals surface area contributed by atoms with Gasteiger partial charge in [0.1, 0.15) is 0 Å². The van der Waals surface area contributed by atoms with Gasteiger partial charge in [-0.1, -0.05) is 18.2 Å². The number of hydrogen-bond acceptors (Lipinski definition) is 4. The first-order chi connectivity index (χ1) is 13.2. The van der Waals surface area contributed by atoms with Crippen molar-refractivity contribution in [1.29, 1.82) is 0 Å². The normalized spacial score (nSPS) is 18.1.